The fourth-order valence-electron chi connectivity index (χ4n) is 2.55. The van der Waals surface area contributed by atoms with Gasteiger partial charge in [-0.05, 0) is 18.8 Å². The second kappa shape index (κ2) is 5.34. The normalized spacial score (nSPS) is 31.9. The van der Waals surface area contributed by atoms with E-state index in [4.69, 9.17) is 16.3 Å². The maximum atomic E-state index is 6.13. The Balaban J connectivity index is 1.77. The molecule has 0 amide bonds. The molecular formula is C11H20ClNO. The van der Waals surface area contributed by atoms with Crippen molar-refractivity contribution in [2.24, 2.45) is 5.92 Å². The van der Waals surface area contributed by atoms with E-state index < -0.39 is 0 Å². The van der Waals surface area contributed by atoms with Gasteiger partial charge in [0.2, 0.25) is 0 Å². The van der Waals surface area contributed by atoms with E-state index in [1.807, 2.05) is 0 Å². The zero-order valence-electron chi connectivity index (χ0n) is 8.75. The van der Waals surface area contributed by atoms with E-state index >= 15 is 0 Å². The van der Waals surface area contributed by atoms with E-state index in [1.54, 1.807) is 0 Å². The van der Waals surface area contributed by atoms with Crippen LogP contribution >= 0.6 is 11.6 Å². The van der Waals surface area contributed by atoms with Gasteiger partial charge in [-0.1, -0.05) is 12.8 Å². The van der Waals surface area contributed by atoms with Crippen LogP contribution in [0.3, 0.4) is 0 Å². The van der Waals surface area contributed by atoms with Crippen molar-refractivity contribution in [1.82, 2.24) is 4.90 Å². The Kier molecular flexibility index (Phi) is 4.09. The molecular weight excluding hydrogens is 198 g/mol. The lowest BCUT2D eigenvalue weighted by Gasteiger charge is -2.23. The molecule has 2 aliphatic rings. The van der Waals surface area contributed by atoms with E-state index in [2.05, 4.69) is 4.90 Å². The molecule has 0 aromatic rings. The highest BCUT2D eigenvalue weighted by Crippen LogP contribution is 2.25. The highest BCUT2D eigenvalue weighted by Gasteiger charge is 2.21. The predicted molar refractivity (Wildman–Crippen MR) is 58.9 cm³/mol. The zero-order chi connectivity index (χ0) is 9.80. The summed E-state index contributed by atoms with van der Waals surface area (Å²) in [5.74, 6) is 0.928. The van der Waals surface area contributed by atoms with Crippen LogP contribution in [0.2, 0.25) is 0 Å². The summed E-state index contributed by atoms with van der Waals surface area (Å²) >= 11 is 6.13. The Hall–Kier alpha value is 0.210. The minimum absolute atomic E-state index is 0.193. The quantitative estimate of drug-likeness (QED) is 0.657. The largest absolute Gasteiger partial charge is 0.379 e. The number of hydrogen-bond acceptors (Lipinski definition) is 2. The number of halogens is 1. The number of hydrogen-bond donors (Lipinski definition) is 0. The average molecular weight is 218 g/mol. The third-order valence-corrected chi connectivity index (χ3v) is 3.56. The van der Waals surface area contributed by atoms with Crippen LogP contribution in [0, 0.1) is 5.92 Å². The van der Waals surface area contributed by atoms with Gasteiger partial charge in [0.25, 0.3) is 0 Å². The first-order chi connectivity index (χ1) is 6.84. The van der Waals surface area contributed by atoms with Gasteiger partial charge in [-0.3, -0.25) is 4.90 Å². The van der Waals surface area contributed by atoms with Crippen LogP contribution in [-0.2, 0) is 4.74 Å². The Morgan fingerprint density at radius 3 is 2.86 bits per heavy atom. The highest BCUT2D eigenvalue weighted by molar-refractivity contribution is 6.20. The zero-order valence-corrected chi connectivity index (χ0v) is 9.51. The molecule has 1 aliphatic heterocycles. The van der Waals surface area contributed by atoms with Crippen molar-refractivity contribution in [2.75, 3.05) is 32.8 Å². The Morgan fingerprint density at radius 1 is 1.29 bits per heavy atom. The maximum Gasteiger partial charge on any atom is 0.0696 e. The summed E-state index contributed by atoms with van der Waals surface area (Å²) < 4.78 is 5.43. The van der Waals surface area contributed by atoms with E-state index in [1.165, 1.54) is 32.2 Å². The lowest BCUT2D eigenvalue weighted by molar-refractivity contribution is 0.139. The monoisotopic (exact) mass is 217 g/mol. The summed E-state index contributed by atoms with van der Waals surface area (Å²) in [4.78, 5) is 2.49. The summed E-state index contributed by atoms with van der Waals surface area (Å²) in [7, 11) is 0. The van der Waals surface area contributed by atoms with Crippen molar-refractivity contribution in [3.05, 3.63) is 0 Å². The first kappa shape index (κ1) is 10.7. The molecule has 2 rings (SSSR count). The summed E-state index contributed by atoms with van der Waals surface area (Å²) in [6.07, 6.45) is 5.70. The molecule has 1 saturated carbocycles. The topological polar surface area (TPSA) is 12.5 Å². The lowest BCUT2D eigenvalue weighted by Crippen LogP contribution is -2.34. The Morgan fingerprint density at radius 2 is 2.07 bits per heavy atom. The molecule has 0 aromatic carbocycles. The molecule has 1 saturated heterocycles. The molecule has 2 nitrogen and oxygen atoms in total. The Bertz CT molecular complexity index is 171. The average Bonchev–Trinajstić information content (AvgIpc) is 2.56. The first-order valence-corrected chi connectivity index (χ1v) is 6.22. The van der Waals surface area contributed by atoms with Crippen LogP contribution in [0.1, 0.15) is 25.7 Å². The number of nitrogens with zero attached hydrogens (tertiary/aromatic N) is 1. The lowest BCUT2D eigenvalue weighted by atomic mass is 10.1. The van der Waals surface area contributed by atoms with Gasteiger partial charge in [0.1, 0.15) is 0 Å². The standard InChI is InChI=1S/C11H20ClNO/c12-11-8-13(5-6-14-9-11)7-10-3-1-2-4-10/h10-11H,1-9H2. The van der Waals surface area contributed by atoms with Crippen LogP contribution in [0.4, 0.5) is 0 Å². The Labute approximate surface area is 91.6 Å². The number of rotatable bonds is 2. The second-order valence-electron chi connectivity index (χ2n) is 4.58. The van der Waals surface area contributed by atoms with Gasteiger partial charge in [0, 0.05) is 19.6 Å². The molecule has 2 fully saturated rings. The van der Waals surface area contributed by atoms with Crippen molar-refractivity contribution in [3.63, 3.8) is 0 Å². The van der Waals surface area contributed by atoms with Gasteiger partial charge in [0.05, 0.1) is 18.6 Å². The van der Waals surface area contributed by atoms with Crippen LogP contribution in [-0.4, -0.2) is 43.1 Å². The summed E-state index contributed by atoms with van der Waals surface area (Å²) in [6.45, 7) is 4.91. The van der Waals surface area contributed by atoms with Gasteiger partial charge in [-0.25, -0.2) is 0 Å². The summed E-state index contributed by atoms with van der Waals surface area (Å²) in [6, 6.07) is 0. The summed E-state index contributed by atoms with van der Waals surface area (Å²) in [5, 5.41) is 0.193. The van der Waals surface area contributed by atoms with Crippen molar-refractivity contribution < 1.29 is 4.74 Å². The van der Waals surface area contributed by atoms with Crippen LogP contribution < -0.4 is 0 Å². The SMILES string of the molecule is ClC1COCCN(CC2CCCC2)C1. The van der Waals surface area contributed by atoms with Crippen molar-refractivity contribution >= 4 is 11.6 Å². The fraction of sp³-hybridized carbons (Fsp3) is 1.00. The van der Waals surface area contributed by atoms with Crippen molar-refractivity contribution in [2.45, 2.75) is 31.1 Å². The van der Waals surface area contributed by atoms with E-state index in [0.717, 1.165) is 32.2 Å². The third-order valence-electron chi connectivity index (χ3n) is 3.30. The highest BCUT2D eigenvalue weighted by atomic mass is 35.5. The van der Waals surface area contributed by atoms with E-state index in [-0.39, 0.29) is 5.38 Å². The first-order valence-electron chi connectivity index (χ1n) is 5.79. The van der Waals surface area contributed by atoms with Crippen molar-refractivity contribution in [3.8, 4) is 0 Å². The number of ether oxygens (including phenoxy) is 1. The maximum absolute atomic E-state index is 6.13. The van der Waals surface area contributed by atoms with Crippen LogP contribution in [0.25, 0.3) is 0 Å². The molecule has 0 spiro atoms. The van der Waals surface area contributed by atoms with E-state index in [0.29, 0.717) is 0 Å². The van der Waals surface area contributed by atoms with Crippen molar-refractivity contribution in [1.29, 1.82) is 0 Å². The molecule has 3 heteroatoms. The van der Waals surface area contributed by atoms with Gasteiger partial charge < -0.3 is 4.74 Å². The molecule has 14 heavy (non-hydrogen) atoms. The van der Waals surface area contributed by atoms with Crippen LogP contribution in [0.5, 0.6) is 0 Å². The molecule has 0 aromatic heterocycles. The molecule has 1 atom stereocenters. The van der Waals surface area contributed by atoms with Gasteiger partial charge in [0.15, 0.2) is 0 Å². The molecule has 0 bridgehead atoms. The predicted octanol–water partition coefficient (Wildman–Crippen LogP) is 2.12. The molecule has 0 N–H and O–H groups in total. The molecule has 1 aliphatic carbocycles. The minimum atomic E-state index is 0.193. The smallest absolute Gasteiger partial charge is 0.0696 e. The van der Waals surface area contributed by atoms with Gasteiger partial charge in [-0.15, -0.1) is 11.6 Å². The van der Waals surface area contributed by atoms with E-state index in [9.17, 15) is 0 Å². The minimum Gasteiger partial charge on any atom is -0.379 e. The summed E-state index contributed by atoms with van der Waals surface area (Å²) in [5.41, 5.74) is 0. The molecule has 82 valence electrons. The van der Waals surface area contributed by atoms with Crippen LogP contribution in [0.15, 0.2) is 0 Å². The third kappa shape index (κ3) is 3.11. The molecule has 1 heterocycles. The fourth-order valence-corrected chi connectivity index (χ4v) is 2.84. The second-order valence-corrected chi connectivity index (χ2v) is 5.20. The number of alkyl halides is 1. The molecule has 1 unspecified atom stereocenters. The molecule has 0 radical (unpaired) electrons. The van der Waals surface area contributed by atoms with Gasteiger partial charge in [-0.2, -0.15) is 0 Å². The van der Waals surface area contributed by atoms with Gasteiger partial charge >= 0.3 is 0 Å².